The van der Waals surface area contributed by atoms with E-state index in [0.717, 1.165) is 0 Å². The standard InChI is InChI=1S/C6H8O7.C4H6O6.3Na.3H/c7-3(8)1-6(13,5(11)12)2-4(9)10;5-1(3(7)8)2(6)4(9)10;;;;;;/h13H,1-2H2,(H,7,8)(H,9,10)(H,11,12);1-2,5-6H,(H,7,8)(H,9,10);;;;;;/q;;3*+1;3*-1. The molecule has 0 aliphatic carbocycles. The minimum absolute atomic E-state index is 0. The summed E-state index contributed by atoms with van der Waals surface area (Å²) in [5.41, 5.74) is -2.74. The van der Waals surface area contributed by atoms with Crippen molar-refractivity contribution in [2.75, 3.05) is 0 Å². The molecule has 138 valence electrons. The number of aliphatic carboxylic acids is 5. The average Bonchev–Trinajstić information content (AvgIpc) is 2.35. The van der Waals surface area contributed by atoms with Crippen molar-refractivity contribution in [3.63, 3.8) is 0 Å². The summed E-state index contributed by atoms with van der Waals surface area (Å²) in [6, 6.07) is 0. The van der Waals surface area contributed by atoms with Crippen molar-refractivity contribution in [2.24, 2.45) is 0 Å². The van der Waals surface area contributed by atoms with Crippen LogP contribution in [0.3, 0.4) is 0 Å². The summed E-state index contributed by atoms with van der Waals surface area (Å²) >= 11 is 0. The van der Waals surface area contributed by atoms with Crippen molar-refractivity contribution in [3.8, 4) is 0 Å². The maximum Gasteiger partial charge on any atom is 1.00 e. The number of hydrogen-bond donors (Lipinski definition) is 8. The van der Waals surface area contributed by atoms with Crippen molar-refractivity contribution in [1.29, 1.82) is 0 Å². The minimum atomic E-state index is -2.74. The van der Waals surface area contributed by atoms with E-state index in [2.05, 4.69) is 0 Å². The molecule has 0 aromatic rings. The molecule has 13 nitrogen and oxygen atoms in total. The molecule has 0 aliphatic rings. The Labute approximate surface area is 216 Å². The second-order valence-electron chi connectivity index (χ2n) is 4.04. The van der Waals surface area contributed by atoms with Gasteiger partial charge < -0.3 is 45.1 Å². The molecule has 0 fully saturated rings. The molecule has 0 aromatic carbocycles. The first-order valence-electron chi connectivity index (χ1n) is 5.45. The second kappa shape index (κ2) is 17.3. The Morgan fingerprint density at radius 3 is 1.04 bits per heavy atom. The maximum atomic E-state index is 10.3. The molecular weight excluding hydrogens is 397 g/mol. The molecule has 0 heterocycles. The summed E-state index contributed by atoms with van der Waals surface area (Å²) < 4.78 is 0. The molecule has 0 bridgehead atoms. The van der Waals surface area contributed by atoms with Crippen molar-refractivity contribution in [3.05, 3.63) is 0 Å². The Kier molecular flexibility index (Phi) is 24.7. The Hall–Kier alpha value is 0.230. The van der Waals surface area contributed by atoms with E-state index < -0.39 is 60.5 Å². The van der Waals surface area contributed by atoms with Crippen molar-refractivity contribution in [2.45, 2.75) is 30.7 Å². The number of carboxylic acid groups (broad SMARTS) is 5. The molecule has 2 atom stereocenters. The zero-order valence-electron chi connectivity index (χ0n) is 17.2. The zero-order valence-corrected chi connectivity index (χ0v) is 20.2. The Morgan fingerprint density at radius 2 is 0.923 bits per heavy atom. The van der Waals surface area contributed by atoms with Crippen LogP contribution in [-0.4, -0.2) is 88.5 Å². The van der Waals surface area contributed by atoms with Gasteiger partial charge in [-0.05, 0) is 0 Å². The van der Waals surface area contributed by atoms with Gasteiger partial charge in [-0.15, -0.1) is 0 Å². The summed E-state index contributed by atoms with van der Waals surface area (Å²) in [6.45, 7) is 0. The van der Waals surface area contributed by atoms with E-state index in [1.165, 1.54) is 0 Å². The van der Waals surface area contributed by atoms with Crippen molar-refractivity contribution < 1.29 is 158 Å². The maximum absolute atomic E-state index is 10.3. The average molecular weight is 414 g/mol. The molecule has 0 aliphatic heterocycles. The molecule has 0 radical (unpaired) electrons. The van der Waals surface area contributed by atoms with Gasteiger partial charge in [-0.1, -0.05) is 0 Å². The van der Waals surface area contributed by atoms with E-state index in [9.17, 15) is 24.0 Å². The molecule has 0 rings (SSSR count). The van der Waals surface area contributed by atoms with Gasteiger partial charge in [-0.3, -0.25) is 9.59 Å². The molecule has 0 spiro atoms. The predicted octanol–water partition coefficient (Wildman–Crippen LogP) is -12.0. The Balaban J connectivity index is -0.0000000428. The number of hydrogen-bond acceptors (Lipinski definition) is 8. The van der Waals surface area contributed by atoms with Crippen LogP contribution >= 0.6 is 0 Å². The van der Waals surface area contributed by atoms with E-state index in [1.54, 1.807) is 0 Å². The van der Waals surface area contributed by atoms with Crippen LogP contribution < -0.4 is 88.7 Å². The number of aliphatic hydroxyl groups excluding tert-OH is 2. The second-order valence-corrected chi connectivity index (χ2v) is 4.04. The van der Waals surface area contributed by atoms with Gasteiger partial charge >= 0.3 is 119 Å². The van der Waals surface area contributed by atoms with Crippen LogP contribution in [0.1, 0.15) is 17.1 Å². The number of carboxylic acids is 5. The first kappa shape index (κ1) is 37.0. The largest absolute Gasteiger partial charge is 1.00 e. The molecule has 16 heteroatoms. The smallest absolute Gasteiger partial charge is 1.00 e. The van der Waals surface area contributed by atoms with E-state index in [4.69, 9.17) is 40.9 Å². The monoisotopic (exact) mass is 414 g/mol. The van der Waals surface area contributed by atoms with Gasteiger partial charge in [0, 0.05) is 0 Å². The molecular formula is C10H17Na3O13. The van der Waals surface area contributed by atoms with Gasteiger partial charge in [0.15, 0.2) is 17.8 Å². The third kappa shape index (κ3) is 16.4. The van der Waals surface area contributed by atoms with Gasteiger partial charge in [-0.2, -0.15) is 0 Å². The van der Waals surface area contributed by atoms with Crippen LogP contribution in [0.25, 0.3) is 0 Å². The third-order valence-electron chi connectivity index (χ3n) is 2.09. The van der Waals surface area contributed by atoms with Crippen LogP contribution in [0.4, 0.5) is 0 Å². The molecule has 0 amide bonds. The topological polar surface area (TPSA) is 247 Å². The fourth-order valence-electron chi connectivity index (χ4n) is 0.984. The quantitative estimate of drug-likeness (QED) is 0.172. The molecule has 0 saturated carbocycles. The summed E-state index contributed by atoms with van der Waals surface area (Å²) in [5.74, 6) is -8.56. The van der Waals surface area contributed by atoms with Gasteiger partial charge in [0.2, 0.25) is 0 Å². The van der Waals surface area contributed by atoms with Crippen LogP contribution in [-0.2, 0) is 24.0 Å². The van der Waals surface area contributed by atoms with Crippen LogP contribution in [0.5, 0.6) is 0 Å². The first-order chi connectivity index (χ1) is 10.2. The molecule has 2 unspecified atom stereocenters. The summed E-state index contributed by atoms with van der Waals surface area (Å²) in [4.78, 5) is 50.0. The van der Waals surface area contributed by atoms with E-state index in [0.29, 0.717) is 0 Å². The predicted molar refractivity (Wildman–Crippen MR) is 67.7 cm³/mol. The first-order valence-corrected chi connectivity index (χ1v) is 5.45. The van der Waals surface area contributed by atoms with Gasteiger partial charge in [-0.25, -0.2) is 14.4 Å². The van der Waals surface area contributed by atoms with Gasteiger partial charge in [0.25, 0.3) is 0 Å². The molecule has 8 N–H and O–H groups in total. The Morgan fingerprint density at radius 1 is 0.692 bits per heavy atom. The zero-order chi connectivity index (χ0) is 19.0. The van der Waals surface area contributed by atoms with Gasteiger partial charge in [0.05, 0.1) is 12.8 Å². The van der Waals surface area contributed by atoms with Crippen LogP contribution in [0.2, 0.25) is 0 Å². The minimum Gasteiger partial charge on any atom is -1.00 e. The van der Waals surface area contributed by atoms with Crippen molar-refractivity contribution >= 4 is 29.8 Å². The number of carbonyl (C=O) groups is 5. The normalized spacial score (nSPS) is 11.5. The number of rotatable bonds is 8. The number of aliphatic hydroxyl groups is 3. The van der Waals surface area contributed by atoms with Crippen LogP contribution in [0, 0.1) is 0 Å². The van der Waals surface area contributed by atoms with Gasteiger partial charge in [0.1, 0.15) is 0 Å². The molecule has 26 heavy (non-hydrogen) atoms. The summed E-state index contributed by atoms with van der Waals surface area (Å²) in [7, 11) is 0. The van der Waals surface area contributed by atoms with E-state index in [-0.39, 0.29) is 93.0 Å². The molecule has 0 aromatic heterocycles. The fourth-order valence-corrected chi connectivity index (χ4v) is 0.984. The molecule has 0 saturated heterocycles. The third-order valence-corrected chi connectivity index (χ3v) is 2.09. The van der Waals surface area contributed by atoms with Crippen molar-refractivity contribution in [1.82, 2.24) is 0 Å². The van der Waals surface area contributed by atoms with Crippen LogP contribution in [0.15, 0.2) is 0 Å². The Bertz CT molecular complexity index is 474. The van der Waals surface area contributed by atoms with E-state index in [1.807, 2.05) is 0 Å². The fraction of sp³-hybridized carbons (Fsp3) is 0.500. The summed E-state index contributed by atoms with van der Waals surface area (Å²) in [5, 5.41) is 66.3. The summed E-state index contributed by atoms with van der Waals surface area (Å²) in [6.07, 6.45) is -6.82. The SMILES string of the molecule is O=C(O)C(O)C(O)C(=O)O.O=C(O)CC(O)(CC(=O)O)C(=O)O.[H-].[H-].[H-].[Na+].[Na+].[Na+]. The van der Waals surface area contributed by atoms with E-state index >= 15 is 0 Å².